The fraction of sp³-hybridized carbons (Fsp3) is 0.733. The lowest BCUT2D eigenvalue weighted by atomic mass is 10.1. The zero-order valence-corrected chi connectivity index (χ0v) is 13.1. The summed E-state index contributed by atoms with van der Waals surface area (Å²) in [7, 11) is 0. The first-order chi connectivity index (χ1) is 9.07. The molecule has 1 N–H and O–H groups in total. The molecule has 1 saturated heterocycles. The maximum atomic E-state index is 5.33. The van der Waals surface area contributed by atoms with Crippen LogP contribution in [0.2, 0.25) is 0 Å². The molecule has 3 nitrogen and oxygen atoms in total. The van der Waals surface area contributed by atoms with Gasteiger partial charge in [-0.25, -0.2) is 0 Å². The monoisotopic (exact) mass is 282 g/mol. The average molecular weight is 282 g/mol. The van der Waals surface area contributed by atoms with Gasteiger partial charge in [0.1, 0.15) is 5.76 Å². The molecule has 1 aromatic rings. The van der Waals surface area contributed by atoms with E-state index < -0.39 is 0 Å². The first kappa shape index (κ1) is 14.9. The van der Waals surface area contributed by atoms with Gasteiger partial charge in [-0.3, -0.25) is 4.90 Å². The number of nitrogens with one attached hydrogen (secondary N) is 1. The number of furan rings is 1. The Kier molecular flexibility index (Phi) is 5.37. The van der Waals surface area contributed by atoms with E-state index in [4.69, 9.17) is 4.42 Å². The van der Waals surface area contributed by atoms with Crippen LogP contribution in [-0.4, -0.2) is 41.1 Å². The van der Waals surface area contributed by atoms with E-state index in [0.29, 0.717) is 10.8 Å². The fourth-order valence-electron chi connectivity index (χ4n) is 2.42. The summed E-state index contributed by atoms with van der Waals surface area (Å²) in [6, 6.07) is 4.54. The number of thioether (sulfide) groups is 1. The van der Waals surface area contributed by atoms with Gasteiger partial charge in [-0.1, -0.05) is 13.8 Å². The molecular weight excluding hydrogens is 256 g/mol. The van der Waals surface area contributed by atoms with Crippen LogP contribution in [0.3, 0.4) is 0 Å². The molecule has 0 saturated carbocycles. The largest absolute Gasteiger partial charge is 0.468 e. The van der Waals surface area contributed by atoms with Crippen molar-refractivity contribution in [3.05, 3.63) is 24.2 Å². The smallest absolute Gasteiger partial charge is 0.117 e. The third-order valence-electron chi connectivity index (χ3n) is 3.81. The van der Waals surface area contributed by atoms with Gasteiger partial charge in [0.15, 0.2) is 0 Å². The van der Waals surface area contributed by atoms with Crippen molar-refractivity contribution in [2.24, 2.45) is 0 Å². The molecule has 1 aliphatic rings. The Bertz CT molecular complexity index is 364. The Morgan fingerprint density at radius 2 is 2.32 bits per heavy atom. The highest BCUT2D eigenvalue weighted by atomic mass is 32.2. The van der Waals surface area contributed by atoms with E-state index in [9.17, 15) is 0 Å². The summed E-state index contributed by atoms with van der Waals surface area (Å²) in [6.07, 6.45) is 3.01. The maximum Gasteiger partial charge on any atom is 0.117 e. The lowest BCUT2D eigenvalue weighted by Gasteiger charge is -2.28. The van der Waals surface area contributed by atoms with Crippen molar-refractivity contribution >= 4 is 11.8 Å². The van der Waals surface area contributed by atoms with E-state index in [2.05, 4.69) is 42.7 Å². The van der Waals surface area contributed by atoms with Crippen molar-refractivity contribution in [1.29, 1.82) is 0 Å². The highest BCUT2D eigenvalue weighted by Gasteiger charge is 2.25. The van der Waals surface area contributed by atoms with Crippen LogP contribution in [0.1, 0.15) is 33.0 Å². The fourth-order valence-corrected chi connectivity index (χ4v) is 3.54. The van der Waals surface area contributed by atoms with Gasteiger partial charge in [-0.15, -0.1) is 0 Å². The van der Waals surface area contributed by atoms with Crippen molar-refractivity contribution in [3.8, 4) is 0 Å². The quantitative estimate of drug-likeness (QED) is 0.899. The molecule has 2 heterocycles. The minimum Gasteiger partial charge on any atom is -0.468 e. The van der Waals surface area contributed by atoms with Crippen LogP contribution in [0.5, 0.6) is 0 Å². The molecule has 2 rings (SSSR count). The molecular formula is C15H26N2OS. The molecule has 1 atom stereocenters. The van der Waals surface area contributed by atoms with E-state index in [0.717, 1.165) is 18.8 Å². The summed E-state index contributed by atoms with van der Waals surface area (Å²) in [5.74, 6) is 2.26. The Morgan fingerprint density at radius 3 is 3.05 bits per heavy atom. The minimum atomic E-state index is 0.441. The Morgan fingerprint density at radius 1 is 1.47 bits per heavy atom. The second-order valence-electron chi connectivity index (χ2n) is 5.95. The van der Waals surface area contributed by atoms with Crippen molar-refractivity contribution in [1.82, 2.24) is 10.2 Å². The van der Waals surface area contributed by atoms with Crippen molar-refractivity contribution < 1.29 is 4.42 Å². The van der Waals surface area contributed by atoms with Crippen LogP contribution in [0.25, 0.3) is 0 Å². The Hall–Kier alpha value is -0.450. The molecule has 4 heteroatoms. The molecule has 108 valence electrons. The van der Waals surface area contributed by atoms with Crippen molar-refractivity contribution in [3.63, 3.8) is 0 Å². The third kappa shape index (κ3) is 4.86. The number of rotatable bonds is 5. The van der Waals surface area contributed by atoms with Crippen LogP contribution in [-0.2, 0) is 6.54 Å². The standard InChI is InChI=1S/C15H26N2OS/c1-13(11-16-12-14-5-4-9-18-14)17-7-6-15(2,3)19-10-8-17/h4-5,9,13,16H,6-8,10-12H2,1-3H3. The second kappa shape index (κ2) is 6.82. The molecule has 0 radical (unpaired) electrons. The summed E-state index contributed by atoms with van der Waals surface area (Å²) in [5, 5.41) is 3.48. The third-order valence-corrected chi connectivity index (χ3v) is 5.19. The molecule has 0 spiro atoms. The molecule has 1 aromatic heterocycles. The van der Waals surface area contributed by atoms with Crippen LogP contribution in [0.15, 0.2) is 22.8 Å². The van der Waals surface area contributed by atoms with Crippen LogP contribution >= 0.6 is 11.8 Å². The molecule has 0 amide bonds. The predicted molar refractivity (Wildman–Crippen MR) is 82.6 cm³/mol. The van der Waals surface area contributed by atoms with E-state index >= 15 is 0 Å². The molecule has 1 unspecified atom stereocenters. The molecule has 0 aliphatic carbocycles. The highest BCUT2D eigenvalue weighted by molar-refractivity contribution is 8.00. The number of nitrogens with zero attached hydrogens (tertiary/aromatic N) is 1. The summed E-state index contributed by atoms with van der Waals surface area (Å²) in [4.78, 5) is 2.61. The summed E-state index contributed by atoms with van der Waals surface area (Å²) < 4.78 is 5.77. The van der Waals surface area contributed by atoms with Gasteiger partial charge in [0, 0.05) is 29.6 Å². The summed E-state index contributed by atoms with van der Waals surface area (Å²) >= 11 is 2.11. The SMILES string of the molecule is CC(CNCc1ccco1)N1CCSC(C)(C)CC1. The zero-order chi connectivity index (χ0) is 13.7. The van der Waals surface area contributed by atoms with Crippen LogP contribution in [0, 0.1) is 0 Å². The first-order valence-electron chi connectivity index (χ1n) is 7.18. The van der Waals surface area contributed by atoms with Gasteiger partial charge in [0.25, 0.3) is 0 Å². The molecule has 19 heavy (non-hydrogen) atoms. The average Bonchev–Trinajstić information content (AvgIpc) is 2.79. The van der Waals surface area contributed by atoms with Gasteiger partial charge >= 0.3 is 0 Å². The molecule has 0 aromatic carbocycles. The van der Waals surface area contributed by atoms with Gasteiger partial charge < -0.3 is 9.73 Å². The first-order valence-corrected chi connectivity index (χ1v) is 8.16. The number of hydrogen-bond donors (Lipinski definition) is 1. The minimum absolute atomic E-state index is 0.441. The zero-order valence-electron chi connectivity index (χ0n) is 12.3. The van der Waals surface area contributed by atoms with E-state index in [-0.39, 0.29) is 0 Å². The maximum absolute atomic E-state index is 5.33. The number of hydrogen-bond acceptors (Lipinski definition) is 4. The highest BCUT2D eigenvalue weighted by Crippen LogP contribution is 2.31. The topological polar surface area (TPSA) is 28.4 Å². The summed E-state index contributed by atoms with van der Waals surface area (Å²) in [6.45, 7) is 11.3. The van der Waals surface area contributed by atoms with Gasteiger partial charge in [-0.05, 0) is 32.0 Å². The van der Waals surface area contributed by atoms with E-state index in [1.165, 1.54) is 25.3 Å². The lowest BCUT2D eigenvalue weighted by molar-refractivity contribution is 0.212. The van der Waals surface area contributed by atoms with Crippen LogP contribution < -0.4 is 5.32 Å². The van der Waals surface area contributed by atoms with Crippen molar-refractivity contribution in [2.75, 3.05) is 25.4 Å². The van der Waals surface area contributed by atoms with E-state index in [1.54, 1.807) is 6.26 Å². The normalized spacial score (nSPS) is 22.1. The van der Waals surface area contributed by atoms with E-state index in [1.807, 2.05) is 12.1 Å². The second-order valence-corrected chi connectivity index (χ2v) is 7.76. The van der Waals surface area contributed by atoms with Crippen molar-refractivity contribution in [2.45, 2.75) is 44.5 Å². The van der Waals surface area contributed by atoms with Gasteiger partial charge in [0.05, 0.1) is 12.8 Å². The lowest BCUT2D eigenvalue weighted by Crippen LogP contribution is -2.41. The predicted octanol–water partition coefficient (Wildman–Crippen LogP) is 2.98. The van der Waals surface area contributed by atoms with Gasteiger partial charge in [0.2, 0.25) is 0 Å². The summed E-state index contributed by atoms with van der Waals surface area (Å²) in [5.41, 5.74) is 0. The Balaban J connectivity index is 1.72. The molecule has 0 bridgehead atoms. The Labute approximate surface area is 121 Å². The molecule has 1 fully saturated rings. The molecule has 1 aliphatic heterocycles. The van der Waals surface area contributed by atoms with Gasteiger partial charge in [-0.2, -0.15) is 11.8 Å². The van der Waals surface area contributed by atoms with Crippen LogP contribution in [0.4, 0.5) is 0 Å².